The minimum Gasteiger partial charge on any atom is -0.254 e. The molecule has 7 rings (SSSR count). The zero-order chi connectivity index (χ0) is 26.0. The molecule has 0 amide bonds. The van der Waals surface area contributed by atoms with Gasteiger partial charge in [0.2, 0.25) is 0 Å². The van der Waals surface area contributed by atoms with E-state index in [1.54, 1.807) is 0 Å². The lowest BCUT2D eigenvalue weighted by Crippen LogP contribution is -1.99. The molecular formula is C36H27N3. The van der Waals surface area contributed by atoms with Crippen LogP contribution in [0.4, 0.5) is 0 Å². The van der Waals surface area contributed by atoms with Crippen LogP contribution in [-0.2, 0) is 12.8 Å². The van der Waals surface area contributed by atoms with Gasteiger partial charge in [-0.1, -0.05) is 97.1 Å². The van der Waals surface area contributed by atoms with E-state index in [0.717, 1.165) is 64.4 Å². The minimum absolute atomic E-state index is 0.852. The fraction of sp³-hybridized carbons (Fsp3) is 0.0833. The van der Waals surface area contributed by atoms with Crippen LogP contribution in [0.2, 0.25) is 0 Å². The van der Waals surface area contributed by atoms with Gasteiger partial charge in [-0.05, 0) is 65.8 Å². The Balaban J connectivity index is 1.32. The summed E-state index contributed by atoms with van der Waals surface area (Å²) in [6, 6.07) is 41.8. The van der Waals surface area contributed by atoms with Crippen molar-refractivity contribution in [3.05, 3.63) is 139 Å². The predicted octanol–water partition coefficient (Wildman–Crippen LogP) is 8.70. The number of hydrogen-bond acceptors (Lipinski definition) is 3. The summed E-state index contributed by atoms with van der Waals surface area (Å²) < 4.78 is 0. The summed E-state index contributed by atoms with van der Waals surface area (Å²) in [7, 11) is 0. The summed E-state index contributed by atoms with van der Waals surface area (Å²) in [4.78, 5) is 15.2. The first kappa shape index (κ1) is 23.2. The van der Waals surface area contributed by atoms with Crippen LogP contribution in [0.15, 0.2) is 128 Å². The Morgan fingerprint density at radius 3 is 1.72 bits per heavy atom. The molecule has 186 valence electrons. The fourth-order valence-corrected chi connectivity index (χ4v) is 5.65. The molecule has 0 atom stereocenters. The fourth-order valence-electron chi connectivity index (χ4n) is 5.65. The van der Waals surface area contributed by atoms with Crippen LogP contribution in [0.5, 0.6) is 0 Å². The highest BCUT2D eigenvalue weighted by Crippen LogP contribution is 2.38. The SMILES string of the molecule is c1ccc(-c2ccc(-c3cccc(-c4ncc(-c5ccccc5)c5c4CCC5)n3)nc2-c2ccccc2)cc1. The summed E-state index contributed by atoms with van der Waals surface area (Å²) in [5, 5.41) is 0. The monoisotopic (exact) mass is 501 g/mol. The quantitative estimate of drug-likeness (QED) is 0.237. The lowest BCUT2D eigenvalue weighted by Gasteiger charge is -2.14. The maximum Gasteiger partial charge on any atom is 0.0921 e. The second-order valence-electron chi connectivity index (χ2n) is 9.93. The van der Waals surface area contributed by atoms with Crippen LogP contribution in [0.1, 0.15) is 17.5 Å². The Hall–Kier alpha value is -4.89. The molecule has 1 aliphatic rings. The lowest BCUT2D eigenvalue weighted by atomic mass is 9.97. The molecule has 39 heavy (non-hydrogen) atoms. The number of aromatic nitrogens is 3. The second-order valence-corrected chi connectivity index (χ2v) is 9.93. The third-order valence-corrected chi connectivity index (χ3v) is 7.52. The van der Waals surface area contributed by atoms with Gasteiger partial charge >= 0.3 is 0 Å². The molecule has 0 saturated heterocycles. The van der Waals surface area contributed by atoms with Gasteiger partial charge in [-0.15, -0.1) is 0 Å². The summed E-state index contributed by atoms with van der Waals surface area (Å²) in [6.07, 6.45) is 5.30. The van der Waals surface area contributed by atoms with E-state index in [1.165, 1.54) is 22.3 Å². The molecule has 1 aliphatic carbocycles. The van der Waals surface area contributed by atoms with Crippen molar-refractivity contribution >= 4 is 0 Å². The first-order valence-electron chi connectivity index (χ1n) is 13.5. The molecule has 3 aromatic carbocycles. The van der Waals surface area contributed by atoms with Gasteiger partial charge in [0.25, 0.3) is 0 Å². The van der Waals surface area contributed by atoms with Crippen molar-refractivity contribution in [3.8, 4) is 56.3 Å². The molecule has 0 bridgehead atoms. The number of benzene rings is 3. The highest BCUT2D eigenvalue weighted by molar-refractivity contribution is 5.83. The predicted molar refractivity (Wildman–Crippen MR) is 159 cm³/mol. The summed E-state index contributed by atoms with van der Waals surface area (Å²) in [6.45, 7) is 0. The topological polar surface area (TPSA) is 38.7 Å². The number of rotatable bonds is 5. The van der Waals surface area contributed by atoms with Gasteiger partial charge in [0.05, 0.1) is 28.5 Å². The van der Waals surface area contributed by atoms with Crippen molar-refractivity contribution in [2.75, 3.05) is 0 Å². The number of hydrogen-bond donors (Lipinski definition) is 0. The average Bonchev–Trinajstić information content (AvgIpc) is 3.52. The molecule has 3 heteroatoms. The van der Waals surface area contributed by atoms with Crippen LogP contribution in [0.3, 0.4) is 0 Å². The van der Waals surface area contributed by atoms with Crippen molar-refractivity contribution in [1.82, 2.24) is 15.0 Å². The highest BCUT2D eigenvalue weighted by atomic mass is 14.8. The molecule has 0 fully saturated rings. The molecule has 0 aliphatic heterocycles. The van der Waals surface area contributed by atoms with Crippen LogP contribution in [-0.4, -0.2) is 15.0 Å². The smallest absolute Gasteiger partial charge is 0.0921 e. The van der Waals surface area contributed by atoms with E-state index in [-0.39, 0.29) is 0 Å². The molecule has 0 unspecified atom stereocenters. The molecule has 3 nitrogen and oxygen atoms in total. The Labute approximate surface area is 228 Å². The van der Waals surface area contributed by atoms with E-state index in [9.17, 15) is 0 Å². The summed E-state index contributed by atoms with van der Waals surface area (Å²) >= 11 is 0. The van der Waals surface area contributed by atoms with Crippen LogP contribution in [0, 0.1) is 0 Å². The molecule has 0 saturated carbocycles. The van der Waals surface area contributed by atoms with Crippen LogP contribution in [0.25, 0.3) is 56.3 Å². The Kier molecular flexibility index (Phi) is 6.03. The first-order valence-corrected chi connectivity index (χ1v) is 13.5. The summed E-state index contributed by atoms with van der Waals surface area (Å²) in [5.41, 5.74) is 13.1. The van der Waals surface area contributed by atoms with Crippen molar-refractivity contribution in [2.24, 2.45) is 0 Å². The average molecular weight is 502 g/mol. The largest absolute Gasteiger partial charge is 0.254 e. The van der Waals surface area contributed by atoms with E-state index < -0.39 is 0 Å². The van der Waals surface area contributed by atoms with Gasteiger partial charge in [0, 0.05) is 22.9 Å². The Morgan fingerprint density at radius 2 is 1.00 bits per heavy atom. The van der Waals surface area contributed by atoms with E-state index in [2.05, 4.69) is 103 Å². The normalized spacial score (nSPS) is 12.3. The lowest BCUT2D eigenvalue weighted by molar-refractivity contribution is 0.911. The Morgan fingerprint density at radius 1 is 0.410 bits per heavy atom. The van der Waals surface area contributed by atoms with Crippen LogP contribution >= 0.6 is 0 Å². The standard InChI is InChI=1S/C36H27N3/c1-4-12-25(13-5-1)28-22-23-33(39-35(28)27-16-8-3-9-17-27)32-20-11-21-34(38-32)36-30-19-10-18-29(30)31(24-37-36)26-14-6-2-7-15-26/h1-9,11-17,20-24H,10,18-19H2. The molecule has 0 spiro atoms. The molecule has 3 aromatic heterocycles. The van der Waals surface area contributed by atoms with E-state index in [0.29, 0.717) is 0 Å². The first-order chi connectivity index (χ1) is 19.3. The van der Waals surface area contributed by atoms with Crippen molar-refractivity contribution < 1.29 is 0 Å². The van der Waals surface area contributed by atoms with Crippen LogP contribution < -0.4 is 0 Å². The number of nitrogens with zero attached hydrogens (tertiary/aromatic N) is 3. The molecule has 0 radical (unpaired) electrons. The molecule has 6 aromatic rings. The Bertz CT molecular complexity index is 1760. The van der Waals surface area contributed by atoms with E-state index in [1.807, 2.05) is 24.4 Å². The maximum atomic E-state index is 5.17. The van der Waals surface area contributed by atoms with Crippen molar-refractivity contribution in [2.45, 2.75) is 19.3 Å². The molecule has 3 heterocycles. The zero-order valence-electron chi connectivity index (χ0n) is 21.6. The minimum atomic E-state index is 0.852. The summed E-state index contributed by atoms with van der Waals surface area (Å²) in [5.74, 6) is 0. The highest BCUT2D eigenvalue weighted by Gasteiger charge is 2.22. The second kappa shape index (κ2) is 10.1. The van der Waals surface area contributed by atoms with Gasteiger partial charge in [-0.2, -0.15) is 0 Å². The number of fused-ring (bicyclic) bond motifs is 1. The van der Waals surface area contributed by atoms with Crippen molar-refractivity contribution in [1.29, 1.82) is 0 Å². The van der Waals surface area contributed by atoms with E-state index >= 15 is 0 Å². The van der Waals surface area contributed by atoms with Gasteiger partial charge in [0.15, 0.2) is 0 Å². The van der Waals surface area contributed by atoms with Gasteiger partial charge < -0.3 is 0 Å². The third-order valence-electron chi connectivity index (χ3n) is 7.52. The van der Waals surface area contributed by atoms with Gasteiger partial charge in [0.1, 0.15) is 0 Å². The third kappa shape index (κ3) is 4.42. The maximum absolute atomic E-state index is 5.17. The molecule has 0 N–H and O–H groups in total. The van der Waals surface area contributed by atoms with Crippen molar-refractivity contribution in [3.63, 3.8) is 0 Å². The molecular weight excluding hydrogens is 474 g/mol. The van der Waals surface area contributed by atoms with E-state index in [4.69, 9.17) is 15.0 Å². The zero-order valence-corrected chi connectivity index (χ0v) is 21.6. The number of pyridine rings is 3. The van der Waals surface area contributed by atoms with Gasteiger partial charge in [-0.3, -0.25) is 4.98 Å². The van der Waals surface area contributed by atoms with Gasteiger partial charge in [-0.25, -0.2) is 9.97 Å².